The SMILES string of the molecule is CCNc1ncc([N+](=O)[O-])c(-c2ccc(F)cc2C)n1. The smallest absolute Gasteiger partial charge is 0.313 e. The van der Waals surface area contributed by atoms with Gasteiger partial charge in [-0.3, -0.25) is 10.1 Å². The van der Waals surface area contributed by atoms with Crippen LogP contribution in [0, 0.1) is 22.9 Å². The minimum Gasteiger partial charge on any atom is -0.354 e. The summed E-state index contributed by atoms with van der Waals surface area (Å²) < 4.78 is 13.1. The van der Waals surface area contributed by atoms with Crippen molar-refractivity contribution in [3.05, 3.63) is 45.9 Å². The molecule has 1 heterocycles. The first kappa shape index (κ1) is 13.9. The third-order valence-electron chi connectivity index (χ3n) is 2.74. The molecule has 2 aromatic rings. The number of aryl methyl sites for hydroxylation is 1. The number of aromatic nitrogens is 2. The highest BCUT2D eigenvalue weighted by molar-refractivity contribution is 5.72. The van der Waals surface area contributed by atoms with Crippen LogP contribution in [0.25, 0.3) is 11.3 Å². The van der Waals surface area contributed by atoms with Crippen LogP contribution in [0.2, 0.25) is 0 Å². The molecule has 0 unspecified atom stereocenters. The Labute approximate surface area is 114 Å². The lowest BCUT2D eigenvalue weighted by Crippen LogP contribution is -2.05. The number of nitrogens with zero attached hydrogens (tertiary/aromatic N) is 3. The molecule has 1 aromatic carbocycles. The zero-order valence-electron chi connectivity index (χ0n) is 11.1. The van der Waals surface area contributed by atoms with Gasteiger partial charge in [-0.25, -0.2) is 14.4 Å². The average Bonchev–Trinajstić information content (AvgIpc) is 2.38. The maximum absolute atomic E-state index is 13.1. The molecule has 20 heavy (non-hydrogen) atoms. The van der Waals surface area contributed by atoms with Gasteiger partial charge >= 0.3 is 5.69 Å². The van der Waals surface area contributed by atoms with Gasteiger partial charge in [0.15, 0.2) is 5.69 Å². The Morgan fingerprint density at radius 1 is 1.45 bits per heavy atom. The van der Waals surface area contributed by atoms with Gasteiger partial charge in [0.25, 0.3) is 0 Å². The molecule has 0 amide bonds. The molecular weight excluding hydrogens is 263 g/mol. The highest BCUT2D eigenvalue weighted by Gasteiger charge is 2.20. The number of benzene rings is 1. The number of anilines is 1. The quantitative estimate of drug-likeness (QED) is 0.686. The number of nitrogens with one attached hydrogen (secondary N) is 1. The van der Waals surface area contributed by atoms with Crippen molar-refractivity contribution in [1.82, 2.24) is 9.97 Å². The first-order valence-electron chi connectivity index (χ1n) is 6.04. The summed E-state index contributed by atoms with van der Waals surface area (Å²) in [5, 5.41) is 14.0. The fourth-order valence-corrected chi connectivity index (χ4v) is 1.84. The molecule has 0 aliphatic rings. The van der Waals surface area contributed by atoms with E-state index in [0.717, 1.165) is 6.20 Å². The Balaban J connectivity index is 2.62. The first-order valence-corrected chi connectivity index (χ1v) is 6.04. The van der Waals surface area contributed by atoms with Crippen molar-refractivity contribution < 1.29 is 9.31 Å². The monoisotopic (exact) mass is 276 g/mol. The molecule has 7 heteroatoms. The largest absolute Gasteiger partial charge is 0.354 e. The second-order valence-corrected chi connectivity index (χ2v) is 4.17. The molecule has 0 bridgehead atoms. The minimum atomic E-state index is -0.548. The van der Waals surface area contributed by atoms with Gasteiger partial charge in [-0.1, -0.05) is 0 Å². The Morgan fingerprint density at radius 2 is 2.20 bits per heavy atom. The van der Waals surface area contributed by atoms with Crippen LogP contribution in [0.4, 0.5) is 16.0 Å². The summed E-state index contributed by atoms with van der Waals surface area (Å²) in [4.78, 5) is 18.6. The topological polar surface area (TPSA) is 81.0 Å². The van der Waals surface area contributed by atoms with E-state index in [4.69, 9.17) is 0 Å². The lowest BCUT2D eigenvalue weighted by Gasteiger charge is -2.08. The average molecular weight is 276 g/mol. The van der Waals surface area contributed by atoms with Gasteiger partial charge in [-0.15, -0.1) is 0 Å². The summed E-state index contributed by atoms with van der Waals surface area (Å²) >= 11 is 0. The summed E-state index contributed by atoms with van der Waals surface area (Å²) in [7, 11) is 0. The van der Waals surface area contributed by atoms with Crippen LogP contribution in [0.1, 0.15) is 12.5 Å². The minimum absolute atomic E-state index is 0.179. The molecule has 104 valence electrons. The molecule has 1 aromatic heterocycles. The van der Waals surface area contributed by atoms with Crippen molar-refractivity contribution >= 4 is 11.6 Å². The zero-order valence-corrected chi connectivity index (χ0v) is 11.1. The summed E-state index contributed by atoms with van der Waals surface area (Å²) in [6.07, 6.45) is 1.16. The predicted molar refractivity (Wildman–Crippen MR) is 73.0 cm³/mol. The number of hydrogen-bond donors (Lipinski definition) is 1. The molecule has 2 rings (SSSR count). The van der Waals surface area contributed by atoms with E-state index in [1.807, 2.05) is 6.92 Å². The molecule has 0 spiro atoms. The van der Waals surface area contributed by atoms with Crippen molar-refractivity contribution in [3.8, 4) is 11.3 Å². The molecule has 6 nitrogen and oxygen atoms in total. The van der Waals surface area contributed by atoms with Gasteiger partial charge in [-0.2, -0.15) is 0 Å². The fourth-order valence-electron chi connectivity index (χ4n) is 1.84. The Bertz CT molecular complexity index is 661. The lowest BCUT2D eigenvalue weighted by atomic mass is 10.0. The van der Waals surface area contributed by atoms with E-state index in [2.05, 4.69) is 15.3 Å². The third kappa shape index (κ3) is 2.71. The van der Waals surface area contributed by atoms with E-state index in [1.54, 1.807) is 6.92 Å². The summed E-state index contributed by atoms with van der Waals surface area (Å²) in [5.74, 6) is -0.0910. The van der Waals surface area contributed by atoms with E-state index in [1.165, 1.54) is 18.2 Å². The van der Waals surface area contributed by atoms with E-state index in [0.29, 0.717) is 23.6 Å². The highest BCUT2D eigenvalue weighted by Crippen LogP contribution is 2.30. The van der Waals surface area contributed by atoms with Crippen molar-refractivity contribution in [2.45, 2.75) is 13.8 Å². The molecule has 0 aliphatic heterocycles. The van der Waals surface area contributed by atoms with Gasteiger partial charge in [-0.05, 0) is 37.6 Å². The Morgan fingerprint density at radius 3 is 2.80 bits per heavy atom. The van der Waals surface area contributed by atoms with Gasteiger partial charge in [0, 0.05) is 12.1 Å². The van der Waals surface area contributed by atoms with E-state index >= 15 is 0 Å². The molecule has 0 atom stereocenters. The number of nitro groups is 1. The van der Waals surface area contributed by atoms with E-state index < -0.39 is 10.7 Å². The number of hydrogen-bond acceptors (Lipinski definition) is 5. The fraction of sp³-hybridized carbons (Fsp3) is 0.231. The molecular formula is C13H13FN4O2. The second kappa shape index (κ2) is 5.60. The first-order chi connectivity index (χ1) is 9.52. The summed E-state index contributed by atoms with van der Waals surface area (Å²) in [6, 6.07) is 4.05. The van der Waals surface area contributed by atoms with Crippen LogP contribution in [0.15, 0.2) is 24.4 Å². The standard InChI is InChI=1S/C13H13FN4O2/c1-3-15-13-16-7-11(18(19)20)12(17-13)10-5-4-9(14)6-8(10)2/h4-7H,3H2,1-2H3,(H,15,16,17). The van der Waals surface area contributed by atoms with Crippen molar-refractivity contribution in [1.29, 1.82) is 0 Å². The maximum Gasteiger partial charge on any atom is 0.313 e. The summed E-state index contributed by atoms with van der Waals surface area (Å²) in [5.41, 5.74) is 1.06. The second-order valence-electron chi connectivity index (χ2n) is 4.17. The van der Waals surface area contributed by atoms with E-state index in [-0.39, 0.29) is 11.4 Å². The molecule has 0 aliphatic carbocycles. The van der Waals surface area contributed by atoms with Crippen molar-refractivity contribution in [2.75, 3.05) is 11.9 Å². The van der Waals surface area contributed by atoms with Crippen molar-refractivity contribution in [3.63, 3.8) is 0 Å². The third-order valence-corrected chi connectivity index (χ3v) is 2.74. The highest BCUT2D eigenvalue weighted by atomic mass is 19.1. The molecule has 0 saturated heterocycles. The van der Waals surface area contributed by atoms with Crippen LogP contribution in [0.3, 0.4) is 0 Å². The lowest BCUT2D eigenvalue weighted by molar-refractivity contribution is -0.384. The number of rotatable bonds is 4. The molecule has 1 N–H and O–H groups in total. The Kier molecular flexibility index (Phi) is 3.88. The molecule has 0 saturated carbocycles. The van der Waals surface area contributed by atoms with Crippen LogP contribution >= 0.6 is 0 Å². The van der Waals surface area contributed by atoms with Gasteiger partial charge in [0.05, 0.1) is 4.92 Å². The maximum atomic E-state index is 13.1. The van der Waals surface area contributed by atoms with Crippen LogP contribution in [-0.2, 0) is 0 Å². The molecule has 0 fully saturated rings. The van der Waals surface area contributed by atoms with Crippen molar-refractivity contribution in [2.24, 2.45) is 0 Å². The van der Waals surface area contributed by atoms with Gasteiger partial charge in [0.1, 0.15) is 12.0 Å². The Hall–Kier alpha value is -2.57. The van der Waals surface area contributed by atoms with E-state index in [9.17, 15) is 14.5 Å². The predicted octanol–water partition coefficient (Wildman–Crippen LogP) is 2.93. The number of halogens is 1. The molecule has 0 radical (unpaired) electrons. The normalized spacial score (nSPS) is 10.3. The van der Waals surface area contributed by atoms with Crippen LogP contribution in [0.5, 0.6) is 0 Å². The van der Waals surface area contributed by atoms with Gasteiger partial charge < -0.3 is 5.32 Å². The van der Waals surface area contributed by atoms with Crippen LogP contribution < -0.4 is 5.32 Å². The van der Waals surface area contributed by atoms with Gasteiger partial charge in [0.2, 0.25) is 5.95 Å². The zero-order chi connectivity index (χ0) is 14.7. The summed E-state index contributed by atoms with van der Waals surface area (Å²) in [6.45, 7) is 4.14. The van der Waals surface area contributed by atoms with Crippen LogP contribution in [-0.4, -0.2) is 21.4 Å².